The Morgan fingerprint density at radius 3 is 2.47 bits per heavy atom. The zero-order valence-corrected chi connectivity index (χ0v) is 8.21. The molecule has 2 N–H and O–H groups in total. The Labute approximate surface area is 86.9 Å². The average Bonchev–Trinajstić information content (AvgIpc) is 2.29. The van der Waals surface area contributed by atoms with Gasteiger partial charge in [-0.15, -0.1) is 0 Å². The minimum Gasteiger partial charge on any atom is -0.370 e. The second-order valence-electron chi connectivity index (χ2n) is 2.75. The van der Waals surface area contributed by atoms with Crippen LogP contribution in [0.1, 0.15) is 10.4 Å². The topological polar surface area (TPSA) is 76.0 Å². The van der Waals surface area contributed by atoms with E-state index in [2.05, 4.69) is 9.47 Å². The number of methoxy groups -OCH3 is 1. The summed E-state index contributed by atoms with van der Waals surface area (Å²) >= 11 is 0. The summed E-state index contributed by atoms with van der Waals surface area (Å²) in [5.41, 5.74) is 0.232. The normalized spacial score (nSPS) is 14.6. The van der Waals surface area contributed by atoms with Crippen molar-refractivity contribution < 1.29 is 24.5 Å². The molecule has 1 rings (SSSR count). The number of ether oxygens (including phenoxy) is 2. The molecular formula is C10H12O5. The summed E-state index contributed by atoms with van der Waals surface area (Å²) in [6.07, 6.45) is 0. The Morgan fingerprint density at radius 2 is 2.00 bits per heavy atom. The SMILES string of the molecule is COC(O)(OCO)C(=O)c1ccccc1. The highest BCUT2D eigenvalue weighted by Crippen LogP contribution is 2.15. The number of hydrogen-bond donors (Lipinski definition) is 2. The van der Waals surface area contributed by atoms with E-state index in [1.165, 1.54) is 12.1 Å². The fraction of sp³-hybridized carbons (Fsp3) is 0.300. The van der Waals surface area contributed by atoms with Gasteiger partial charge >= 0.3 is 5.97 Å². The van der Waals surface area contributed by atoms with E-state index in [4.69, 9.17) is 5.11 Å². The summed E-state index contributed by atoms with van der Waals surface area (Å²) in [6, 6.07) is 8.03. The third-order valence-electron chi connectivity index (χ3n) is 1.86. The molecule has 0 saturated heterocycles. The van der Waals surface area contributed by atoms with Gasteiger partial charge in [-0.05, 0) is 0 Å². The molecule has 0 saturated carbocycles. The van der Waals surface area contributed by atoms with Crippen molar-refractivity contribution in [3.8, 4) is 0 Å². The number of carbonyl (C=O) groups excluding carboxylic acids is 1. The molecular weight excluding hydrogens is 200 g/mol. The number of rotatable bonds is 5. The van der Waals surface area contributed by atoms with Crippen molar-refractivity contribution in [3.63, 3.8) is 0 Å². The molecule has 15 heavy (non-hydrogen) atoms. The van der Waals surface area contributed by atoms with Crippen LogP contribution in [0.3, 0.4) is 0 Å². The first-order valence-electron chi connectivity index (χ1n) is 4.26. The van der Waals surface area contributed by atoms with Gasteiger partial charge in [0.1, 0.15) is 6.79 Å². The predicted molar refractivity (Wildman–Crippen MR) is 50.9 cm³/mol. The quantitative estimate of drug-likeness (QED) is 0.536. The molecule has 0 bridgehead atoms. The summed E-state index contributed by atoms with van der Waals surface area (Å²) in [6.45, 7) is -0.817. The van der Waals surface area contributed by atoms with E-state index < -0.39 is 18.5 Å². The monoisotopic (exact) mass is 212 g/mol. The van der Waals surface area contributed by atoms with Crippen LogP contribution in [-0.4, -0.2) is 35.9 Å². The van der Waals surface area contributed by atoms with E-state index in [-0.39, 0.29) is 5.56 Å². The zero-order valence-electron chi connectivity index (χ0n) is 8.21. The Hall–Kier alpha value is -1.27. The van der Waals surface area contributed by atoms with Crippen LogP contribution in [0.4, 0.5) is 0 Å². The van der Waals surface area contributed by atoms with Crippen molar-refractivity contribution in [2.45, 2.75) is 5.97 Å². The summed E-state index contributed by atoms with van der Waals surface area (Å²) in [5.74, 6) is -3.20. The van der Waals surface area contributed by atoms with Gasteiger partial charge in [-0.1, -0.05) is 30.3 Å². The summed E-state index contributed by atoms with van der Waals surface area (Å²) in [4.78, 5) is 11.7. The van der Waals surface area contributed by atoms with Gasteiger partial charge < -0.3 is 14.9 Å². The maximum Gasteiger partial charge on any atom is 0.350 e. The Kier molecular flexibility index (Phi) is 3.93. The zero-order chi connectivity index (χ0) is 11.3. The molecule has 0 aliphatic heterocycles. The molecule has 1 aromatic rings. The van der Waals surface area contributed by atoms with Crippen LogP contribution in [-0.2, 0) is 9.47 Å². The number of aliphatic hydroxyl groups is 2. The number of ketones is 1. The van der Waals surface area contributed by atoms with Crippen molar-refractivity contribution in [3.05, 3.63) is 35.9 Å². The second-order valence-corrected chi connectivity index (χ2v) is 2.75. The lowest BCUT2D eigenvalue weighted by molar-refractivity contribution is -0.329. The van der Waals surface area contributed by atoms with Crippen LogP contribution in [0.15, 0.2) is 30.3 Å². The largest absolute Gasteiger partial charge is 0.370 e. The van der Waals surface area contributed by atoms with Crippen LogP contribution >= 0.6 is 0 Å². The van der Waals surface area contributed by atoms with Gasteiger partial charge in [0.2, 0.25) is 0 Å². The molecule has 0 aliphatic carbocycles. The van der Waals surface area contributed by atoms with Crippen molar-refractivity contribution in [1.29, 1.82) is 0 Å². The van der Waals surface area contributed by atoms with E-state index in [1.54, 1.807) is 18.2 Å². The molecule has 1 atom stereocenters. The Balaban J connectivity index is 2.92. The van der Waals surface area contributed by atoms with E-state index in [1.807, 2.05) is 0 Å². The van der Waals surface area contributed by atoms with Gasteiger partial charge in [0.05, 0.1) is 0 Å². The van der Waals surface area contributed by atoms with E-state index in [0.717, 1.165) is 7.11 Å². The first-order chi connectivity index (χ1) is 7.14. The number of hydrogen-bond acceptors (Lipinski definition) is 5. The van der Waals surface area contributed by atoms with Crippen molar-refractivity contribution in [2.24, 2.45) is 0 Å². The van der Waals surface area contributed by atoms with Crippen molar-refractivity contribution >= 4 is 5.78 Å². The van der Waals surface area contributed by atoms with Crippen LogP contribution in [0.25, 0.3) is 0 Å². The third-order valence-corrected chi connectivity index (χ3v) is 1.86. The molecule has 5 nitrogen and oxygen atoms in total. The highest BCUT2D eigenvalue weighted by atomic mass is 16.8. The summed E-state index contributed by atoms with van der Waals surface area (Å²) < 4.78 is 8.95. The summed E-state index contributed by atoms with van der Waals surface area (Å²) in [5, 5.41) is 18.1. The molecule has 0 aliphatic rings. The molecule has 0 fully saturated rings. The Bertz CT molecular complexity index is 324. The molecule has 82 valence electrons. The van der Waals surface area contributed by atoms with Gasteiger partial charge in [-0.3, -0.25) is 9.53 Å². The highest BCUT2D eigenvalue weighted by Gasteiger charge is 2.38. The van der Waals surface area contributed by atoms with Gasteiger partial charge in [0.25, 0.3) is 5.78 Å². The molecule has 0 amide bonds. The van der Waals surface area contributed by atoms with Gasteiger partial charge in [0.15, 0.2) is 0 Å². The molecule has 0 spiro atoms. The lowest BCUT2D eigenvalue weighted by Gasteiger charge is -2.23. The number of benzene rings is 1. The molecule has 1 unspecified atom stereocenters. The highest BCUT2D eigenvalue weighted by molar-refractivity contribution is 6.00. The predicted octanol–water partition coefficient (Wildman–Crippen LogP) is 0.128. The van der Waals surface area contributed by atoms with E-state index in [0.29, 0.717) is 0 Å². The smallest absolute Gasteiger partial charge is 0.350 e. The van der Waals surface area contributed by atoms with E-state index >= 15 is 0 Å². The van der Waals surface area contributed by atoms with Crippen LogP contribution < -0.4 is 0 Å². The number of Topliss-reactive ketones (excluding diaryl/α,β-unsaturated/α-hetero) is 1. The lowest BCUT2D eigenvalue weighted by Crippen LogP contribution is -2.43. The molecule has 0 radical (unpaired) electrons. The standard InChI is InChI=1S/C10H12O5/c1-14-10(13,15-7-11)9(12)8-5-3-2-4-6-8/h2-6,11,13H,7H2,1H3. The van der Waals surface area contributed by atoms with Crippen molar-refractivity contribution in [1.82, 2.24) is 0 Å². The van der Waals surface area contributed by atoms with Gasteiger partial charge in [-0.2, -0.15) is 0 Å². The lowest BCUT2D eigenvalue weighted by atomic mass is 10.1. The van der Waals surface area contributed by atoms with Gasteiger partial charge in [-0.25, -0.2) is 0 Å². The maximum atomic E-state index is 11.7. The third kappa shape index (κ3) is 2.60. The number of carbonyl (C=O) groups is 1. The molecule has 0 aromatic heterocycles. The fourth-order valence-corrected chi connectivity index (χ4v) is 1.08. The first kappa shape index (κ1) is 11.8. The minimum absolute atomic E-state index is 0.232. The maximum absolute atomic E-state index is 11.7. The fourth-order valence-electron chi connectivity index (χ4n) is 1.08. The van der Waals surface area contributed by atoms with Crippen LogP contribution in [0, 0.1) is 0 Å². The minimum atomic E-state index is -2.43. The molecule has 0 heterocycles. The average molecular weight is 212 g/mol. The molecule has 1 aromatic carbocycles. The van der Waals surface area contributed by atoms with Crippen LogP contribution in [0.2, 0.25) is 0 Å². The summed E-state index contributed by atoms with van der Waals surface area (Å²) in [7, 11) is 1.11. The van der Waals surface area contributed by atoms with Crippen molar-refractivity contribution in [2.75, 3.05) is 13.9 Å². The van der Waals surface area contributed by atoms with Gasteiger partial charge in [0, 0.05) is 12.7 Å². The Morgan fingerprint density at radius 1 is 1.40 bits per heavy atom. The molecule has 5 heteroatoms. The van der Waals surface area contributed by atoms with E-state index in [9.17, 15) is 9.90 Å². The number of aliphatic hydroxyl groups excluding tert-OH is 1. The first-order valence-corrected chi connectivity index (χ1v) is 4.26. The second kappa shape index (κ2) is 4.99. The van der Waals surface area contributed by atoms with Crippen LogP contribution in [0.5, 0.6) is 0 Å².